The van der Waals surface area contributed by atoms with Crippen molar-refractivity contribution in [3.05, 3.63) is 144 Å². The first kappa shape index (κ1) is 88.9. The van der Waals surface area contributed by atoms with Crippen LogP contribution in [0.2, 0.25) is 48.9 Å². The van der Waals surface area contributed by atoms with Gasteiger partial charge in [0.05, 0.1) is 44.2 Å². The van der Waals surface area contributed by atoms with Gasteiger partial charge in [0.15, 0.2) is 33.5 Å². The summed E-state index contributed by atoms with van der Waals surface area (Å²) in [6.45, 7) is 45.9. The zero-order chi connectivity index (χ0) is 77.4. The van der Waals surface area contributed by atoms with Crippen LogP contribution < -0.4 is 29.3 Å². The Kier molecular flexibility index (Phi) is 34.5. The van der Waals surface area contributed by atoms with Gasteiger partial charge in [-0.15, -0.1) is 0 Å². The number of rotatable bonds is 39. The summed E-state index contributed by atoms with van der Waals surface area (Å²) in [5.41, 5.74) is 1.25. The van der Waals surface area contributed by atoms with Crippen LogP contribution in [-0.2, 0) is 42.0 Å². The van der Waals surface area contributed by atoms with Gasteiger partial charge in [-0.05, 0) is 143 Å². The first-order valence-electron chi connectivity index (χ1n) is 37.2. The molecule has 4 aromatic carbocycles. The molecule has 6 rings (SSSR count). The van der Waals surface area contributed by atoms with Crippen LogP contribution >= 0.6 is 0 Å². The molecule has 2 saturated heterocycles. The second-order valence-corrected chi connectivity index (χ2v) is 46.7. The molecule has 0 aliphatic carbocycles. The van der Waals surface area contributed by atoms with E-state index in [-0.39, 0.29) is 59.0 Å². The summed E-state index contributed by atoms with van der Waals surface area (Å²) in [4.78, 5) is 26.2. The number of hydrogen-bond donors (Lipinski definition) is 3. The summed E-state index contributed by atoms with van der Waals surface area (Å²) >= 11 is 0. The van der Waals surface area contributed by atoms with Crippen LogP contribution in [-0.4, -0.2) is 160 Å². The summed E-state index contributed by atoms with van der Waals surface area (Å²) in [7, 11) is -3.61. The predicted molar refractivity (Wildman–Crippen MR) is 424 cm³/mol. The number of aromatic carboxylic acids is 1. The summed E-state index contributed by atoms with van der Waals surface area (Å²) in [6, 6.07) is 29.3. The van der Waals surface area contributed by atoms with Crippen molar-refractivity contribution < 1.29 is 85.9 Å². The lowest BCUT2D eigenvalue weighted by atomic mass is 9.99. The van der Waals surface area contributed by atoms with E-state index in [1.807, 2.05) is 45.9 Å². The van der Waals surface area contributed by atoms with Gasteiger partial charge in [0, 0.05) is 39.5 Å². The molecule has 0 amide bonds. The minimum absolute atomic E-state index is 0.0233. The van der Waals surface area contributed by atoms with Gasteiger partial charge < -0.3 is 76.3 Å². The van der Waals surface area contributed by atoms with Crippen LogP contribution in [0.1, 0.15) is 181 Å². The van der Waals surface area contributed by atoms with Gasteiger partial charge in [0.2, 0.25) is 0 Å². The molecule has 0 bridgehead atoms. The van der Waals surface area contributed by atoms with Crippen molar-refractivity contribution in [2.45, 2.75) is 259 Å². The smallest absolute Gasteiger partial charge is 0.342 e. The van der Waals surface area contributed by atoms with Gasteiger partial charge in [-0.3, -0.25) is 0 Å². The molecule has 2 fully saturated rings. The van der Waals surface area contributed by atoms with Crippen LogP contribution in [0.5, 0.6) is 23.0 Å². The fourth-order valence-electron chi connectivity index (χ4n) is 11.9. The molecular weight excluding hydrogens is 1370 g/mol. The molecule has 21 heteroatoms. The Hall–Kier alpha value is -5.77. The highest BCUT2D eigenvalue weighted by atomic mass is 28.4. The first-order valence-corrected chi connectivity index (χ1v) is 45.8. The molecule has 0 spiro atoms. The van der Waals surface area contributed by atoms with E-state index in [4.69, 9.17) is 61.0 Å². The van der Waals surface area contributed by atoms with Crippen LogP contribution in [0.4, 0.5) is 0 Å². The zero-order valence-electron chi connectivity index (χ0n) is 66.9. The highest BCUT2D eigenvalue weighted by Crippen LogP contribution is 2.44. The third-order valence-corrected chi connectivity index (χ3v) is 30.5. The Morgan fingerprint density at radius 3 is 1.45 bits per heavy atom. The maximum absolute atomic E-state index is 14.0. The van der Waals surface area contributed by atoms with Crippen molar-refractivity contribution in [1.29, 1.82) is 0 Å². The van der Waals surface area contributed by atoms with E-state index in [1.165, 1.54) is 17.5 Å². The number of hydrogen-bond acceptors (Lipinski definition) is 17. The largest absolute Gasteiger partial charge is 0.493 e. The number of benzene rings is 4. The highest BCUT2D eigenvalue weighted by molar-refractivity contribution is 6.99. The van der Waals surface area contributed by atoms with Gasteiger partial charge in [-0.1, -0.05) is 211 Å². The highest BCUT2D eigenvalue weighted by Gasteiger charge is 2.52. The molecule has 0 saturated carbocycles. The second-order valence-electron chi connectivity index (χ2n) is 32.1. The molecule has 2 aliphatic rings. The molecule has 2 unspecified atom stereocenters. The number of esters is 1. The lowest BCUT2D eigenvalue weighted by Crippen LogP contribution is -2.67. The van der Waals surface area contributed by atoms with E-state index in [2.05, 4.69) is 168 Å². The maximum atomic E-state index is 14.0. The molecule has 104 heavy (non-hydrogen) atoms. The zero-order valence-corrected chi connectivity index (χ0v) is 69.9. The van der Waals surface area contributed by atoms with E-state index in [9.17, 15) is 24.9 Å². The van der Waals surface area contributed by atoms with Crippen LogP contribution in [0.15, 0.2) is 121 Å². The average Bonchev–Trinajstić information content (AvgIpc) is 0.888. The van der Waals surface area contributed by atoms with E-state index >= 15 is 0 Å². The Labute approximate surface area is 626 Å². The standard InChI is InChI=1S/C55H86O9Si3.C28H42O9/c1-18-19-37-58-46-35-36-47(60-40-57-12)50(52(56)59-38-39-65(13,14)15)45(46)31-26-32-48-51(62-55(10,11)61-48)49(64-66(16,17)53(4,5)6)34-33-41(2)42(3)63-67(54(7,8)9,43-27-22-20-23-28-43)44-29-24-21-25-30-44;1-7-8-16-34-22-14-15-23(35-17-33-6)25(27(31)32)20(22)10-9-11-24-26(37-28(4,5)36-24)21(30)13-12-18(2)19(3)29/h20-31,33-36,41-42,48-49,51H,18-19,32,37-40H2,1-17H3;9-10,12-15,18-19,21,24,26,29-30H,7-8,11,16-17H2,1-6H3,(H,31,32)/b31-26+,34-33-;10-9+,13-12-/t41-,42-,48+,49?,51+;18-,19+,21?,24+,26-/m11/s1. The Balaban J connectivity index is 0.000000443. The number of carbonyl (C=O) groups is 2. The number of carboxylic acids is 1. The molecule has 0 radical (unpaired) electrons. The summed E-state index contributed by atoms with van der Waals surface area (Å²) in [5, 5.41) is 32.8. The Morgan fingerprint density at radius 1 is 0.558 bits per heavy atom. The SMILES string of the molecule is CCCCOc1ccc(OCOC)c(C(=O)O)c1/C=C/C[C@@H]1OC(C)(C)O[C@@H]1C(O)/C=C\[C@@H](C)[C@H](C)O.CCCCOc1ccc(OCOC)c(C(=O)OCC[Si](C)(C)C)c1/C=C/C[C@@H]1OC(C)(C)O[C@@H]1C(/C=C\[C@@H](C)[C@@H](C)O[Si](c1ccccc1)(c1ccccc1)C(C)(C)C)O[Si](C)(C)C(C)(C)C. The summed E-state index contributed by atoms with van der Waals surface area (Å²) in [6.07, 6.45) is 15.7. The van der Waals surface area contributed by atoms with Crippen molar-refractivity contribution in [3.63, 3.8) is 0 Å². The number of aliphatic hydroxyl groups excluding tert-OH is 2. The van der Waals surface area contributed by atoms with Gasteiger partial charge in [0.25, 0.3) is 8.32 Å². The Bertz CT molecular complexity index is 3340. The van der Waals surface area contributed by atoms with Gasteiger partial charge >= 0.3 is 11.9 Å². The topological polar surface area (TPSA) is 215 Å². The minimum atomic E-state index is -2.80. The molecule has 4 aromatic rings. The monoisotopic (exact) mass is 1500 g/mol. The molecule has 0 aromatic heterocycles. The molecule has 2 aliphatic heterocycles. The van der Waals surface area contributed by atoms with E-state index in [1.54, 1.807) is 70.4 Å². The number of ether oxygens (including phenoxy) is 11. The number of aliphatic hydroxyl groups is 2. The third-order valence-electron chi connectivity index (χ3n) is 19.2. The molecule has 10 atom stereocenters. The summed E-state index contributed by atoms with van der Waals surface area (Å²) in [5.74, 6) is -1.92. The number of carboxylic acid groups (broad SMARTS) is 1. The predicted octanol–water partition coefficient (Wildman–Crippen LogP) is 17.2. The number of carbonyl (C=O) groups excluding carboxylic acids is 1. The van der Waals surface area contributed by atoms with E-state index in [0.29, 0.717) is 66.6 Å². The van der Waals surface area contributed by atoms with Crippen molar-refractivity contribution >= 4 is 59.2 Å². The molecule has 18 nitrogen and oxygen atoms in total. The second kappa shape index (κ2) is 40.4. The normalized spacial score (nSPS) is 19.7. The van der Waals surface area contributed by atoms with Gasteiger partial charge in [-0.25, -0.2) is 9.59 Å². The Morgan fingerprint density at radius 2 is 1.01 bits per heavy atom. The van der Waals surface area contributed by atoms with Crippen LogP contribution in [0.3, 0.4) is 0 Å². The van der Waals surface area contributed by atoms with Gasteiger partial charge in [0.1, 0.15) is 52.4 Å². The molecule has 3 N–H and O–H groups in total. The van der Waals surface area contributed by atoms with Crippen molar-refractivity contribution in [1.82, 2.24) is 0 Å². The quantitative estimate of drug-likeness (QED) is 0.0124. The van der Waals surface area contributed by atoms with Crippen LogP contribution in [0, 0.1) is 11.8 Å². The average molecular weight is 1500 g/mol. The van der Waals surface area contributed by atoms with Crippen LogP contribution in [0.25, 0.3) is 12.2 Å². The van der Waals surface area contributed by atoms with Gasteiger partial charge in [-0.2, -0.15) is 0 Å². The fourth-order valence-corrected chi connectivity index (χ4v) is 18.7. The fraction of sp³-hybridized carbons (Fsp3) is 0.590. The van der Waals surface area contributed by atoms with E-state index < -0.39 is 84.8 Å². The first-order chi connectivity index (χ1) is 48.8. The lowest BCUT2D eigenvalue weighted by Gasteiger charge is -2.45. The van der Waals surface area contributed by atoms with Crippen molar-refractivity contribution in [2.75, 3.05) is 47.6 Å². The third kappa shape index (κ3) is 26.0. The number of methoxy groups -OCH3 is 2. The molecule has 580 valence electrons. The minimum Gasteiger partial charge on any atom is -0.493 e. The van der Waals surface area contributed by atoms with Crippen molar-refractivity contribution in [3.8, 4) is 23.0 Å². The summed E-state index contributed by atoms with van der Waals surface area (Å²) < 4.78 is 80.3. The molecule has 2 heterocycles. The van der Waals surface area contributed by atoms with E-state index in [0.717, 1.165) is 31.7 Å². The number of unbranched alkanes of at least 4 members (excludes halogenated alkanes) is 2. The lowest BCUT2D eigenvalue weighted by molar-refractivity contribution is -0.152. The maximum Gasteiger partial charge on any atom is 0.342 e. The molecular formula is C83H128O18Si3. The van der Waals surface area contributed by atoms with Crippen molar-refractivity contribution in [2.24, 2.45) is 11.8 Å².